The minimum Gasteiger partial charge on any atom is -0.364 e. The number of nitrogens with one attached hydrogen (secondary N) is 2. The summed E-state index contributed by atoms with van der Waals surface area (Å²) in [7, 11) is 0. The fraction of sp³-hybridized carbons (Fsp3) is 0.0476. The third-order valence-electron chi connectivity index (χ3n) is 4.65. The molecule has 0 radical (unpaired) electrons. The van der Waals surface area contributed by atoms with E-state index < -0.39 is 0 Å². The first-order valence-corrected chi connectivity index (χ1v) is 9.29. The van der Waals surface area contributed by atoms with Gasteiger partial charge in [-0.2, -0.15) is 0 Å². The van der Waals surface area contributed by atoms with Crippen LogP contribution in [0.5, 0.6) is 0 Å². The maximum Gasteiger partial charge on any atom is 0.182 e. The number of anilines is 1. The van der Waals surface area contributed by atoms with Gasteiger partial charge in [0.25, 0.3) is 0 Å². The Morgan fingerprint density at radius 3 is 2.83 bits per heavy atom. The molecule has 0 atom stereocenters. The minimum atomic E-state index is -0.315. The highest BCUT2D eigenvalue weighted by molar-refractivity contribution is 6.35. The number of hydrogen-bond donors (Lipinski definition) is 2. The molecule has 0 amide bonds. The van der Waals surface area contributed by atoms with Gasteiger partial charge in [0.05, 0.1) is 17.5 Å². The molecule has 142 valence electrons. The van der Waals surface area contributed by atoms with Gasteiger partial charge < -0.3 is 10.3 Å². The van der Waals surface area contributed by atoms with Gasteiger partial charge in [-0.1, -0.05) is 29.8 Å². The second-order valence-electron chi connectivity index (χ2n) is 6.49. The predicted octanol–water partition coefficient (Wildman–Crippen LogP) is 4.97. The monoisotopic (exact) mass is 404 g/mol. The van der Waals surface area contributed by atoms with Gasteiger partial charge >= 0.3 is 0 Å². The van der Waals surface area contributed by atoms with Crippen LogP contribution in [0.2, 0.25) is 5.02 Å². The summed E-state index contributed by atoms with van der Waals surface area (Å²) in [6.07, 6.45) is 3.02. The van der Waals surface area contributed by atoms with Gasteiger partial charge in [-0.15, -0.1) is 0 Å². The topological polar surface area (TPSA) is 79.4 Å². The zero-order valence-electron chi connectivity index (χ0n) is 15.0. The number of rotatable bonds is 4. The number of aromatic amines is 1. The minimum absolute atomic E-state index is 0.315. The van der Waals surface area contributed by atoms with Crippen LogP contribution in [-0.4, -0.2) is 24.9 Å². The fourth-order valence-electron chi connectivity index (χ4n) is 3.30. The molecule has 8 heteroatoms. The molecule has 5 rings (SSSR count). The summed E-state index contributed by atoms with van der Waals surface area (Å²) in [6.45, 7) is 0.408. The number of H-pyrrole nitrogens is 1. The Balaban J connectivity index is 1.61. The molecular weight excluding hydrogens is 391 g/mol. The lowest BCUT2D eigenvalue weighted by molar-refractivity contribution is 0.628. The second-order valence-corrected chi connectivity index (χ2v) is 6.90. The maximum atomic E-state index is 13.9. The molecular formula is C21H14ClFN6. The Hall–Kier alpha value is -3.58. The molecule has 0 bridgehead atoms. The van der Waals surface area contributed by atoms with Crippen molar-refractivity contribution in [3.63, 3.8) is 0 Å². The first-order chi connectivity index (χ1) is 14.2. The highest BCUT2D eigenvalue weighted by Gasteiger charge is 2.13. The molecule has 0 unspecified atom stereocenters. The first kappa shape index (κ1) is 17.5. The van der Waals surface area contributed by atoms with Crippen molar-refractivity contribution in [1.82, 2.24) is 24.9 Å². The number of fused-ring (bicyclic) bond motifs is 2. The van der Waals surface area contributed by atoms with Crippen molar-refractivity contribution in [2.75, 3.05) is 5.32 Å². The second kappa shape index (κ2) is 7.10. The van der Waals surface area contributed by atoms with Crippen molar-refractivity contribution >= 4 is 39.5 Å². The number of hydrogen-bond acceptors (Lipinski definition) is 5. The van der Waals surface area contributed by atoms with E-state index in [9.17, 15) is 4.39 Å². The number of imidazole rings is 1. The number of aromatic nitrogens is 5. The van der Waals surface area contributed by atoms with E-state index in [0.717, 1.165) is 16.5 Å². The van der Waals surface area contributed by atoms with Crippen LogP contribution in [0.3, 0.4) is 0 Å². The van der Waals surface area contributed by atoms with E-state index in [1.54, 1.807) is 12.4 Å². The lowest BCUT2D eigenvalue weighted by Gasteiger charge is -2.13. The van der Waals surface area contributed by atoms with Crippen molar-refractivity contribution in [2.45, 2.75) is 6.54 Å². The van der Waals surface area contributed by atoms with Gasteiger partial charge in [0.2, 0.25) is 0 Å². The van der Waals surface area contributed by atoms with Crippen molar-refractivity contribution in [2.24, 2.45) is 0 Å². The highest BCUT2D eigenvalue weighted by Crippen LogP contribution is 2.30. The zero-order valence-corrected chi connectivity index (χ0v) is 15.8. The lowest BCUT2D eigenvalue weighted by Crippen LogP contribution is -2.05. The van der Waals surface area contributed by atoms with E-state index in [2.05, 4.69) is 25.3 Å². The van der Waals surface area contributed by atoms with Gasteiger partial charge in [0.1, 0.15) is 17.7 Å². The number of benzene rings is 2. The molecule has 29 heavy (non-hydrogen) atoms. The number of halogens is 2. The lowest BCUT2D eigenvalue weighted by atomic mass is 10.0. The maximum absolute atomic E-state index is 13.9. The van der Waals surface area contributed by atoms with Crippen LogP contribution in [0.1, 0.15) is 5.56 Å². The van der Waals surface area contributed by atoms with E-state index in [0.29, 0.717) is 39.8 Å². The molecule has 0 aliphatic carbocycles. The Bertz CT molecular complexity index is 1350. The third kappa shape index (κ3) is 3.25. The normalized spacial score (nSPS) is 11.2. The van der Waals surface area contributed by atoms with Crippen LogP contribution in [0, 0.1) is 5.82 Å². The molecule has 3 aromatic heterocycles. The van der Waals surface area contributed by atoms with Crippen LogP contribution in [-0.2, 0) is 6.54 Å². The summed E-state index contributed by atoms with van der Waals surface area (Å²) in [5, 5.41) is 4.74. The Morgan fingerprint density at radius 1 is 1.03 bits per heavy atom. The zero-order chi connectivity index (χ0) is 19.8. The standard InChI is InChI=1S/C21H14ClFN6/c22-16-5-2-6-17-15(16)8-13(18(29-17)12-3-1-4-14(23)7-12)9-24-20-19-21(26-10-25-19)28-11-27-20/h1-8,10-11H,9H2,(H2,24,25,26,27,28). The molecule has 3 heterocycles. The summed E-state index contributed by atoms with van der Waals surface area (Å²) in [6, 6.07) is 13.9. The van der Waals surface area contributed by atoms with Gasteiger partial charge in [0, 0.05) is 22.5 Å². The van der Waals surface area contributed by atoms with Gasteiger partial charge in [-0.05, 0) is 35.9 Å². The van der Waals surface area contributed by atoms with E-state index >= 15 is 0 Å². The summed E-state index contributed by atoms with van der Waals surface area (Å²) >= 11 is 6.38. The molecule has 5 aromatic rings. The molecule has 2 N–H and O–H groups in total. The smallest absolute Gasteiger partial charge is 0.182 e. The average Bonchev–Trinajstić information content (AvgIpc) is 3.21. The first-order valence-electron chi connectivity index (χ1n) is 8.91. The van der Waals surface area contributed by atoms with Crippen LogP contribution in [0.25, 0.3) is 33.3 Å². The molecule has 2 aromatic carbocycles. The fourth-order valence-corrected chi connectivity index (χ4v) is 3.52. The molecule has 0 aliphatic heterocycles. The van der Waals surface area contributed by atoms with Crippen LogP contribution >= 0.6 is 11.6 Å². The van der Waals surface area contributed by atoms with Crippen molar-refractivity contribution in [3.05, 3.63) is 77.6 Å². The summed E-state index contributed by atoms with van der Waals surface area (Å²) < 4.78 is 13.9. The number of nitrogens with zero attached hydrogens (tertiary/aromatic N) is 4. The molecule has 0 aliphatic rings. The Morgan fingerprint density at radius 2 is 1.93 bits per heavy atom. The molecule has 6 nitrogen and oxygen atoms in total. The highest BCUT2D eigenvalue weighted by atomic mass is 35.5. The largest absolute Gasteiger partial charge is 0.364 e. The molecule has 0 spiro atoms. The van der Waals surface area contributed by atoms with E-state index in [1.807, 2.05) is 30.3 Å². The van der Waals surface area contributed by atoms with Crippen LogP contribution in [0.4, 0.5) is 10.2 Å². The Kier molecular flexibility index (Phi) is 4.29. The number of pyridine rings is 1. The van der Waals surface area contributed by atoms with E-state index in [4.69, 9.17) is 16.6 Å². The predicted molar refractivity (Wildman–Crippen MR) is 111 cm³/mol. The van der Waals surface area contributed by atoms with Crippen molar-refractivity contribution in [3.8, 4) is 11.3 Å². The summed E-state index contributed by atoms with van der Waals surface area (Å²) in [4.78, 5) is 20.4. The summed E-state index contributed by atoms with van der Waals surface area (Å²) in [5.74, 6) is 0.307. The summed E-state index contributed by atoms with van der Waals surface area (Å²) in [5.41, 5.74) is 4.28. The third-order valence-corrected chi connectivity index (χ3v) is 4.98. The van der Waals surface area contributed by atoms with E-state index in [-0.39, 0.29) is 5.82 Å². The molecule has 0 saturated carbocycles. The van der Waals surface area contributed by atoms with Gasteiger partial charge in [0.15, 0.2) is 11.5 Å². The quantitative estimate of drug-likeness (QED) is 0.442. The van der Waals surface area contributed by atoms with Gasteiger partial charge in [-0.3, -0.25) is 0 Å². The molecule has 0 fully saturated rings. The van der Waals surface area contributed by atoms with Crippen LogP contribution in [0.15, 0.2) is 61.2 Å². The van der Waals surface area contributed by atoms with Crippen molar-refractivity contribution < 1.29 is 4.39 Å². The Labute approximate surface area is 169 Å². The average molecular weight is 405 g/mol. The van der Waals surface area contributed by atoms with E-state index in [1.165, 1.54) is 18.5 Å². The van der Waals surface area contributed by atoms with Crippen LogP contribution < -0.4 is 5.32 Å². The SMILES string of the molecule is Fc1cccc(-c2nc3cccc(Cl)c3cc2CNc2ncnc3nc[nH]c23)c1. The molecule has 0 saturated heterocycles. The van der Waals surface area contributed by atoms with Gasteiger partial charge in [-0.25, -0.2) is 24.3 Å². The van der Waals surface area contributed by atoms with Crippen molar-refractivity contribution in [1.29, 1.82) is 0 Å².